The van der Waals surface area contributed by atoms with E-state index in [0.717, 1.165) is 13.1 Å². The van der Waals surface area contributed by atoms with Crippen molar-refractivity contribution in [2.75, 3.05) is 18.0 Å². The molecular weight excluding hydrogens is 196 g/mol. The van der Waals surface area contributed by atoms with Gasteiger partial charge in [-0.2, -0.15) is 0 Å². The molecule has 0 bridgehead atoms. The summed E-state index contributed by atoms with van der Waals surface area (Å²) in [4.78, 5) is 2.55. The normalized spacial score (nSPS) is 25.9. The Morgan fingerprint density at radius 3 is 2.31 bits per heavy atom. The number of aryl methyl sites for hydroxylation is 2. The first kappa shape index (κ1) is 11.5. The second kappa shape index (κ2) is 4.46. The van der Waals surface area contributed by atoms with E-state index in [1.54, 1.807) is 0 Å². The van der Waals surface area contributed by atoms with Crippen LogP contribution in [-0.4, -0.2) is 25.2 Å². The highest BCUT2D eigenvalue weighted by atomic mass is 15.2. The van der Waals surface area contributed by atoms with Crippen molar-refractivity contribution in [2.24, 2.45) is 0 Å². The maximum atomic E-state index is 3.47. The van der Waals surface area contributed by atoms with Crippen molar-refractivity contribution in [1.82, 2.24) is 5.32 Å². The molecular formula is C14H22N2. The zero-order valence-corrected chi connectivity index (χ0v) is 10.7. The van der Waals surface area contributed by atoms with Crippen LogP contribution in [0, 0.1) is 13.8 Å². The average Bonchev–Trinajstić information content (AvgIpc) is 2.20. The summed E-state index contributed by atoms with van der Waals surface area (Å²) in [5, 5.41) is 3.47. The molecule has 1 saturated heterocycles. The van der Waals surface area contributed by atoms with Gasteiger partial charge in [0.1, 0.15) is 0 Å². The minimum absolute atomic E-state index is 0.574. The molecule has 1 aromatic rings. The number of piperazine rings is 1. The third-order valence-corrected chi connectivity index (χ3v) is 3.46. The fourth-order valence-corrected chi connectivity index (χ4v) is 2.70. The summed E-state index contributed by atoms with van der Waals surface area (Å²) in [5.41, 5.74) is 4.13. The summed E-state index contributed by atoms with van der Waals surface area (Å²) in [6.45, 7) is 11.1. The highest BCUT2D eigenvalue weighted by Crippen LogP contribution is 2.26. The molecule has 1 fully saturated rings. The Morgan fingerprint density at radius 1 is 1.12 bits per heavy atom. The van der Waals surface area contributed by atoms with Gasteiger partial charge in [0.2, 0.25) is 0 Å². The Bertz CT molecular complexity index is 363. The SMILES string of the molecule is Cc1ccc(N2C(C)CNCC2C)c(C)c1. The van der Waals surface area contributed by atoms with Crippen molar-refractivity contribution in [3.8, 4) is 0 Å². The molecule has 16 heavy (non-hydrogen) atoms. The van der Waals surface area contributed by atoms with E-state index in [1.807, 2.05) is 0 Å². The number of benzene rings is 1. The summed E-state index contributed by atoms with van der Waals surface area (Å²) in [5.74, 6) is 0. The number of anilines is 1. The van der Waals surface area contributed by atoms with E-state index in [9.17, 15) is 0 Å². The molecule has 1 aromatic carbocycles. The molecule has 2 nitrogen and oxygen atoms in total. The third kappa shape index (κ3) is 2.07. The Labute approximate surface area is 98.7 Å². The maximum absolute atomic E-state index is 3.47. The molecule has 1 heterocycles. The minimum atomic E-state index is 0.574. The van der Waals surface area contributed by atoms with Crippen LogP contribution >= 0.6 is 0 Å². The Kier molecular flexibility index (Phi) is 3.20. The van der Waals surface area contributed by atoms with Crippen LogP contribution in [0.5, 0.6) is 0 Å². The molecule has 1 aliphatic rings. The predicted octanol–water partition coefficient (Wildman–Crippen LogP) is 2.49. The fraction of sp³-hybridized carbons (Fsp3) is 0.571. The lowest BCUT2D eigenvalue weighted by Crippen LogP contribution is -2.55. The van der Waals surface area contributed by atoms with Crippen molar-refractivity contribution in [3.05, 3.63) is 29.3 Å². The van der Waals surface area contributed by atoms with Crippen molar-refractivity contribution < 1.29 is 0 Å². The highest BCUT2D eigenvalue weighted by molar-refractivity contribution is 5.56. The van der Waals surface area contributed by atoms with Crippen molar-refractivity contribution in [1.29, 1.82) is 0 Å². The van der Waals surface area contributed by atoms with Gasteiger partial charge in [-0.15, -0.1) is 0 Å². The lowest BCUT2D eigenvalue weighted by Gasteiger charge is -2.42. The molecule has 0 amide bonds. The standard InChI is InChI=1S/C14H22N2/c1-10-5-6-14(11(2)7-10)16-12(3)8-15-9-13(16)4/h5-7,12-13,15H,8-9H2,1-4H3. The van der Waals surface area contributed by atoms with Crippen LogP contribution in [-0.2, 0) is 0 Å². The second-order valence-electron chi connectivity index (χ2n) is 5.05. The Morgan fingerprint density at radius 2 is 1.75 bits per heavy atom. The van der Waals surface area contributed by atoms with Gasteiger partial charge in [0.25, 0.3) is 0 Å². The maximum Gasteiger partial charge on any atom is 0.0401 e. The van der Waals surface area contributed by atoms with E-state index in [0.29, 0.717) is 12.1 Å². The summed E-state index contributed by atoms with van der Waals surface area (Å²) < 4.78 is 0. The number of nitrogens with zero attached hydrogens (tertiary/aromatic N) is 1. The second-order valence-corrected chi connectivity index (χ2v) is 5.05. The molecule has 0 saturated carbocycles. The topological polar surface area (TPSA) is 15.3 Å². The van der Waals surface area contributed by atoms with E-state index >= 15 is 0 Å². The number of rotatable bonds is 1. The lowest BCUT2D eigenvalue weighted by molar-refractivity contribution is 0.431. The van der Waals surface area contributed by atoms with Crippen LogP contribution in [0.2, 0.25) is 0 Å². The van der Waals surface area contributed by atoms with Crippen LogP contribution in [0.3, 0.4) is 0 Å². The highest BCUT2D eigenvalue weighted by Gasteiger charge is 2.25. The summed E-state index contributed by atoms with van der Waals surface area (Å²) >= 11 is 0. The zero-order valence-electron chi connectivity index (χ0n) is 10.7. The molecule has 0 aliphatic carbocycles. The largest absolute Gasteiger partial charge is 0.363 e. The molecule has 88 valence electrons. The van der Waals surface area contributed by atoms with E-state index in [2.05, 4.69) is 56.1 Å². The lowest BCUT2D eigenvalue weighted by atomic mass is 10.0. The smallest absolute Gasteiger partial charge is 0.0401 e. The van der Waals surface area contributed by atoms with Gasteiger partial charge in [-0.3, -0.25) is 0 Å². The van der Waals surface area contributed by atoms with Crippen LogP contribution < -0.4 is 10.2 Å². The molecule has 1 N–H and O–H groups in total. The Balaban J connectivity index is 2.34. The van der Waals surface area contributed by atoms with Gasteiger partial charge in [-0.1, -0.05) is 17.7 Å². The van der Waals surface area contributed by atoms with E-state index in [4.69, 9.17) is 0 Å². The Hall–Kier alpha value is -1.02. The zero-order chi connectivity index (χ0) is 11.7. The molecule has 2 heteroatoms. The summed E-state index contributed by atoms with van der Waals surface area (Å²) in [7, 11) is 0. The number of hydrogen-bond acceptors (Lipinski definition) is 2. The van der Waals surface area contributed by atoms with Crippen molar-refractivity contribution in [3.63, 3.8) is 0 Å². The molecule has 2 unspecified atom stereocenters. The average molecular weight is 218 g/mol. The monoisotopic (exact) mass is 218 g/mol. The fourth-order valence-electron chi connectivity index (χ4n) is 2.70. The third-order valence-electron chi connectivity index (χ3n) is 3.46. The molecule has 0 spiro atoms. The van der Waals surface area contributed by atoms with Crippen molar-refractivity contribution >= 4 is 5.69 Å². The van der Waals surface area contributed by atoms with Gasteiger partial charge in [0, 0.05) is 30.9 Å². The minimum Gasteiger partial charge on any atom is -0.363 e. The van der Waals surface area contributed by atoms with Gasteiger partial charge < -0.3 is 10.2 Å². The number of hydrogen-bond donors (Lipinski definition) is 1. The van der Waals surface area contributed by atoms with Gasteiger partial charge >= 0.3 is 0 Å². The first-order chi connectivity index (χ1) is 7.59. The van der Waals surface area contributed by atoms with Crippen LogP contribution in [0.1, 0.15) is 25.0 Å². The van der Waals surface area contributed by atoms with E-state index in [1.165, 1.54) is 16.8 Å². The molecule has 2 atom stereocenters. The van der Waals surface area contributed by atoms with Gasteiger partial charge in [-0.25, -0.2) is 0 Å². The summed E-state index contributed by atoms with van der Waals surface area (Å²) in [6.07, 6.45) is 0. The number of nitrogens with one attached hydrogen (secondary N) is 1. The van der Waals surface area contributed by atoms with Crippen LogP contribution in [0.15, 0.2) is 18.2 Å². The van der Waals surface area contributed by atoms with E-state index in [-0.39, 0.29) is 0 Å². The summed E-state index contributed by atoms with van der Waals surface area (Å²) in [6, 6.07) is 7.90. The first-order valence-electron chi connectivity index (χ1n) is 6.16. The van der Waals surface area contributed by atoms with Crippen LogP contribution in [0.25, 0.3) is 0 Å². The van der Waals surface area contributed by atoms with E-state index < -0.39 is 0 Å². The molecule has 1 aliphatic heterocycles. The predicted molar refractivity (Wildman–Crippen MR) is 70.2 cm³/mol. The first-order valence-corrected chi connectivity index (χ1v) is 6.16. The van der Waals surface area contributed by atoms with Crippen LogP contribution in [0.4, 0.5) is 5.69 Å². The quantitative estimate of drug-likeness (QED) is 0.779. The molecule has 0 aromatic heterocycles. The van der Waals surface area contributed by atoms with Crippen molar-refractivity contribution in [2.45, 2.75) is 39.8 Å². The molecule has 0 radical (unpaired) electrons. The molecule has 2 rings (SSSR count). The van der Waals surface area contributed by atoms with Gasteiger partial charge in [0.05, 0.1) is 0 Å². The van der Waals surface area contributed by atoms with Gasteiger partial charge in [0.15, 0.2) is 0 Å². The van der Waals surface area contributed by atoms with Gasteiger partial charge in [-0.05, 0) is 39.3 Å².